The Kier molecular flexibility index (Phi) is 6.44. The Morgan fingerprint density at radius 2 is 1.46 bits per heavy atom. The number of hydrogen-bond donors (Lipinski definition) is 0. The van der Waals surface area contributed by atoms with E-state index in [0.29, 0.717) is 38.6 Å². The number of carbonyl (C=O) groups is 1. The van der Waals surface area contributed by atoms with Crippen molar-refractivity contribution in [2.24, 2.45) is 0 Å². The smallest absolute Gasteiger partial charge is 0.389 e. The summed E-state index contributed by atoms with van der Waals surface area (Å²) in [5, 5.41) is 4.93. The lowest BCUT2D eigenvalue weighted by molar-refractivity contribution is -0.167. The average Bonchev–Trinajstić information content (AvgIpc) is 3.00. The summed E-state index contributed by atoms with van der Waals surface area (Å²) in [6.07, 6.45) is -1.33. The van der Waals surface area contributed by atoms with E-state index in [4.69, 9.17) is 41.9 Å². The minimum absolute atomic E-state index is 0.00947. The van der Waals surface area contributed by atoms with Crippen LogP contribution < -0.4 is 9.47 Å². The molecule has 28 heavy (non-hydrogen) atoms. The van der Waals surface area contributed by atoms with Crippen LogP contribution in [-0.2, 0) is 16.1 Å². The first-order chi connectivity index (χ1) is 13.4. The van der Waals surface area contributed by atoms with Crippen LogP contribution in [-0.4, -0.2) is 17.4 Å². The molecule has 0 bridgehead atoms. The highest BCUT2D eigenvalue weighted by atomic mass is 35.5. The fourth-order valence-electron chi connectivity index (χ4n) is 2.31. The molecule has 0 N–H and O–H groups in total. The van der Waals surface area contributed by atoms with Crippen molar-refractivity contribution in [2.75, 3.05) is 0 Å². The maximum absolute atomic E-state index is 12.6. The Bertz CT molecular complexity index is 871. The molecule has 0 aliphatic carbocycles. The number of halogens is 2. The third kappa shape index (κ3) is 5.18. The molecule has 146 valence electrons. The Hall–Kier alpha value is -2.70. The van der Waals surface area contributed by atoms with Gasteiger partial charge in [-0.3, -0.25) is 0 Å². The Morgan fingerprint density at radius 3 is 1.89 bits per heavy atom. The molecule has 1 heterocycles. The minimum atomic E-state index is -1.33. The molecule has 0 aliphatic heterocycles. The number of rotatable bonds is 7. The molecule has 0 unspecified atom stereocenters. The highest BCUT2D eigenvalue weighted by Crippen LogP contribution is 2.22. The first-order valence-electron chi connectivity index (χ1n) is 8.35. The van der Waals surface area contributed by atoms with Gasteiger partial charge in [0.05, 0.1) is 11.3 Å². The van der Waals surface area contributed by atoms with Gasteiger partial charge in [-0.05, 0) is 62.4 Å². The van der Waals surface area contributed by atoms with Crippen LogP contribution >= 0.6 is 23.2 Å². The van der Waals surface area contributed by atoms with Crippen molar-refractivity contribution in [3.05, 3.63) is 75.6 Å². The maximum Gasteiger partial charge on any atom is 0.389 e. The molecule has 8 heteroatoms. The molecular weight excluding hydrogens is 405 g/mol. The van der Waals surface area contributed by atoms with Crippen LogP contribution in [0.5, 0.6) is 11.5 Å². The van der Waals surface area contributed by atoms with E-state index in [1.54, 1.807) is 62.4 Å². The zero-order valence-corrected chi connectivity index (χ0v) is 16.7. The predicted octanol–water partition coefficient (Wildman–Crippen LogP) is 5.13. The van der Waals surface area contributed by atoms with Gasteiger partial charge in [-0.15, -0.1) is 0 Å². The summed E-state index contributed by atoms with van der Waals surface area (Å²) in [5.41, 5.74) is 1.35. The van der Waals surface area contributed by atoms with E-state index in [2.05, 4.69) is 5.16 Å². The minimum Gasteiger partial charge on any atom is -0.455 e. The zero-order valence-electron chi connectivity index (χ0n) is 15.1. The largest absolute Gasteiger partial charge is 0.455 e. The van der Waals surface area contributed by atoms with Gasteiger partial charge in [0.2, 0.25) is 0 Å². The van der Waals surface area contributed by atoms with Crippen molar-refractivity contribution in [2.45, 2.75) is 26.7 Å². The second kappa shape index (κ2) is 8.99. The van der Waals surface area contributed by atoms with Crippen LogP contribution in [0.2, 0.25) is 10.0 Å². The van der Waals surface area contributed by atoms with Crippen LogP contribution in [0.4, 0.5) is 0 Å². The van der Waals surface area contributed by atoms with Crippen molar-refractivity contribution in [3.63, 3.8) is 0 Å². The normalized spacial score (nSPS) is 10.8. The van der Waals surface area contributed by atoms with Crippen LogP contribution in [0.25, 0.3) is 0 Å². The summed E-state index contributed by atoms with van der Waals surface area (Å²) >= 11 is 11.8. The molecule has 1 aromatic heterocycles. The Labute approximate surface area is 171 Å². The SMILES string of the molecule is Cc1noc(C)c1COC(=O)C(Oc1ccc(Cl)cc1)Oc1ccc(Cl)cc1. The van der Waals surface area contributed by atoms with Crippen LogP contribution in [0.1, 0.15) is 17.0 Å². The monoisotopic (exact) mass is 421 g/mol. The van der Waals surface area contributed by atoms with Gasteiger partial charge >= 0.3 is 12.3 Å². The number of ether oxygens (including phenoxy) is 3. The number of aromatic nitrogens is 1. The van der Waals surface area contributed by atoms with Crippen molar-refractivity contribution in [1.29, 1.82) is 0 Å². The number of esters is 1. The van der Waals surface area contributed by atoms with Crippen molar-refractivity contribution >= 4 is 29.2 Å². The fraction of sp³-hybridized carbons (Fsp3) is 0.200. The standard InChI is InChI=1S/C20H17Cl2NO5/c1-12-18(13(2)28-23-12)11-25-19(24)20(26-16-7-3-14(21)4-8-16)27-17-9-5-15(22)6-10-17/h3-10,20H,11H2,1-2H3. The second-order valence-electron chi connectivity index (χ2n) is 5.89. The predicted molar refractivity (Wildman–Crippen MR) is 104 cm³/mol. The van der Waals surface area contributed by atoms with Gasteiger partial charge in [0.1, 0.15) is 23.9 Å². The van der Waals surface area contributed by atoms with Gasteiger partial charge < -0.3 is 18.7 Å². The zero-order chi connectivity index (χ0) is 20.1. The molecule has 3 aromatic rings. The quantitative estimate of drug-likeness (QED) is 0.389. The van der Waals surface area contributed by atoms with E-state index in [1.165, 1.54) is 0 Å². The molecule has 0 fully saturated rings. The highest BCUT2D eigenvalue weighted by Gasteiger charge is 2.26. The van der Waals surface area contributed by atoms with Gasteiger partial charge in [-0.1, -0.05) is 28.4 Å². The van der Waals surface area contributed by atoms with Crippen LogP contribution in [0.15, 0.2) is 53.1 Å². The third-order valence-corrected chi connectivity index (χ3v) is 4.35. The average molecular weight is 422 g/mol. The van der Waals surface area contributed by atoms with Gasteiger partial charge in [0.15, 0.2) is 0 Å². The lowest BCUT2D eigenvalue weighted by atomic mass is 10.2. The summed E-state index contributed by atoms with van der Waals surface area (Å²) in [5.74, 6) is 0.680. The molecule has 2 aromatic carbocycles. The lowest BCUT2D eigenvalue weighted by Crippen LogP contribution is -2.35. The summed E-state index contributed by atoms with van der Waals surface area (Å²) in [6.45, 7) is 3.51. The van der Waals surface area contributed by atoms with Crippen LogP contribution in [0, 0.1) is 13.8 Å². The molecule has 0 spiro atoms. The molecule has 6 nitrogen and oxygen atoms in total. The maximum atomic E-state index is 12.6. The van der Waals surface area contributed by atoms with E-state index in [1.807, 2.05) is 0 Å². The van der Waals surface area contributed by atoms with Crippen LogP contribution in [0.3, 0.4) is 0 Å². The summed E-state index contributed by atoms with van der Waals surface area (Å²) in [6, 6.07) is 13.1. The number of nitrogens with zero attached hydrogens (tertiary/aromatic N) is 1. The first-order valence-corrected chi connectivity index (χ1v) is 9.11. The van der Waals surface area contributed by atoms with E-state index < -0.39 is 12.3 Å². The number of hydrogen-bond acceptors (Lipinski definition) is 6. The molecule has 0 radical (unpaired) electrons. The molecule has 0 saturated heterocycles. The Morgan fingerprint density at radius 1 is 0.964 bits per heavy atom. The van der Waals surface area contributed by atoms with E-state index in [-0.39, 0.29) is 6.61 Å². The van der Waals surface area contributed by atoms with Crippen molar-refractivity contribution in [3.8, 4) is 11.5 Å². The van der Waals surface area contributed by atoms with Gasteiger partial charge in [-0.2, -0.15) is 0 Å². The first kappa shape index (κ1) is 20.0. The molecular formula is C20H17Cl2NO5. The van der Waals surface area contributed by atoms with Gasteiger partial charge in [0, 0.05) is 10.0 Å². The molecule has 3 rings (SSSR count). The van der Waals surface area contributed by atoms with E-state index in [0.717, 1.165) is 0 Å². The Balaban J connectivity index is 1.74. The molecule has 0 amide bonds. The fourth-order valence-corrected chi connectivity index (χ4v) is 2.57. The second-order valence-corrected chi connectivity index (χ2v) is 6.76. The summed E-state index contributed by atoms with van der Waals surface area (Å²) in [4.78, 5) is 12.6. The van der Waals surface area contributed by atoms with E-state index >= 15 is 0 Å². The van der Waals surface area contributed by atoms with E-state index in [9.17, 15) is 4.79 Å². The molecule has 0 atom stereocenters. The number of benzene rings is 2. The third-order valence-electron chi connectivity index (χ3n) is 3.85. The lowest BCUT2D eigenvalue weighted by Gasteiger charge is -2.19. The van der Waals surface area contributed by atoms with Crippen molar-refractivity contribution in [1.82, 2.24) is 5.16 Å². The van der Waals surface area contributed by atoms with Gasteiger partial charge in [0.25, 0.3) is 0 Å². The van der Waals surface area contributed by atoms with Crippen molar-refractivity contribution < 1.29 is 23.5 Å². The number of aryl methyl sites for hydroxylation is 2. The highest BCUT2D eigenvalue weighted by molar-refractivity contribution is 6.30. The topological polar surface area (TPSA) is 70.8 Å². The molecule has 0 saturated carbocycles. The molecule has 0 aliphatic rings. The van der Waals surface area contributed by atoms with Gasteiger partial charge in [-0.25, -0.2) is 4.79 Å². The summed E-state index contributed by atoms with van der Waals surface area (Å²) < 4.78 is 21.8. The summed E-state index contributed by atoms with van der Waals surface area (Å²) in [7, 11) is 0. The number of carbonyl (C=O) groups excluding carboxylic acids is 1.